The number of carbonyl (C=O) groups is 4. The third-order valence-corrected chi connectivity index (χ3v) is 18.5. The lowest BCUT2D eigenvalue weighted by Gasteiger charge is -2.21. The highest BCUT2D eigenvalue weighted by Crippen LogP contribution is 2.45. The van der Waals surface area contributed by atoms with Crippen LogP contribution >= 0.6 is 15.6 Å². The van der Waals surface area contributed by atoms with Gasteiger partial charge in [0, 0.05) is 25.7 Å². The molecule has 622 valence electrons. The number of esters is 4. The van der Waals surface area contributed by atoms with Gasteiger partial charge in [0.05, 0.1) is 26.4 Å². The van der Waals surface area contributed by atoms with E-state index in [2.05, 4.69) is 186 Å². The Morgan fingerprint density at radius 1 is 0.264 bits per heavy atom. The maximum absolute atomic E-state index is 13.1. The first-order valence-electron chi connectivity index (χ1n) is 41.7. The largest absolute Gasteiger partial charge is 0.472 e. The smallest absolute Gasteiger partial charge is 0.462 e. The van der Waals surface area contributed by atoms with Gasteiger partial charge in [-0.2, -0.15) is 0 Å². The van der Waals surface area contributed by atoms with E-state index in [1.54, 1.807) is 0 Å². The quantitative estimate of drug-likeness (QED) is 0.0169. The number of hydrogen-bond donors (Lipinski definition) is 3. The molecule has 17 nitrogen and oxygen atoms in total. The van der Waals surface area contributed by atoms with Crippen LogP contribution in [0.3, 0.4) is 0 Å². The van der Waals surface area contributed by atoms with E-state index in [9.17, 15) is 43.2 Å². The Morgan fingerprint density at radius 2 is 0.491 bits per heavy atom. The second-order valence-electron chi connectivity index (χ2n) is 26.9. The standard InChI is InChI=1S/C91H146O17P2/c1-5-9-13-17-21-25-29-33-37-40-42-45-48-51-55-59-63-67-71-75-88(93)101-81-86(107-90(95)77-73-69-65-61-57-53-47-36-32-28-24-20-16-12-8-4)83-105-109(97,98)103-79-85(92)80-104-110(99,100)106-84-87(108-91(96)78-74-70-66-62-58-54-50-44-39-35-31-27-23-19-15-11-7-3)82-102-89(94)76-72-68-64-60-56-52-49-46-43-41-38-34-30-26-22-18-14-10-6-2/h9-11,13-15,21-23,25-27,33-35,37-39,42-43,45-46,50-52,54-56,63-64,67-68,85-87,92H,5-8,12,16-20,24,28-32,36,40-41,44,47-49,53,57-62,65-66,69-84H2,1-4H3,(H,97,98)(H,99,100)/b13-9-,14-10-,15-11-,25-21-,26-22-,27-23-,37-33-,38-34-,39-35-,45-42-,46-43-,54-50-,55-51-,56-52-,67-63-,68-64-. The summed E-state index contributed by atoms with van der Waals surface area (Å²) in [5, 5.41) is 10.7. The molecule has 0 aromatic rings. The highest BCUT2D eigenvalue weighted by atomic mass is 31.2. The summed E-state index contributed by atoms with van der Waals surface area (Å²) in [5.74, 6) is -2.41. The van der Waals surface area contributed by atoms with Crippen molar-refractivity contribution in [1.29, 1.82) is 0 Å². The molecule has 5 atom stereocenters. The van der Waals surface area contributed by atoms with Gasteiger partial charge in [0.15, 0.2) is 12.2 Å². The van der Waals surface area contributed by atoms with Crippen LogP contribution in [0.2, 0.25) is 0 Å². The topological polar surface area (TPSA) is 237 Å². The molecule has 0 radical (unpaired) electrons. The lowest BCUT2D eigenvalue weighted by molar-refractivity contribution is -0.161. The summed E-state index contributed by atoms with van der Waals surface area (Å²) >= 11 is 0. The number of aliphatic hydroxyl groups excluding tert-OH is 1. The molecule has 0 amide bonds. The Morgan fingerprint density at radius 3 is 0.764 bits per heavy atom. The molecule has 3 N–H and O–H groups in total. The van der Waals surface area contributed by atoms with Gasteiger partial charge in [-0.15, -0.1) is 0 Å². The summed E-state index contributed by atoms with van der Waals surface area (Å²) in [6.07, 6.45) is 100. The second-order valence-corrected chi connectivity index (χ2v) is 29.8. The van der Waals surface area contributed by atoms with Crippen molar-refractivity contribution in [3.8, 4) is 0 Å². The van der Waals surface area contributed by atoms with Gasteiger partial charge in [-0.25, -0.2) is 9.13 Å². The summed E-state index contributed by atoms with van der Waals surface area (Å²) in [6, 6.07) is 0. The molecule has 110 heavy (non-hydrogen) atoms. The minimum Gasteiger partial charge on any atom is -0.462 e. The molecule has 0 fully saturated rings. The normalized spacial score (nSPS) is 14.8. The fraction of sp³-hybridized carbons (Fsp3) is 0.604. The molecule has 19 heteroatoms. The monoisotopic (exact) mass is 1570 g/mol. The molecular formula is C91H146O17P2. The Bertz CT molecular complexity index is 2850. The van der Waals surface area contributed by atoms with Crippen LogP contribution in [0, 0.1) is 0 Å². The maximum Gasteiger partial charge on any atom is 0.472 e. The number of carbonyl (C=O) groups excluding carboxylic acids is 4. The molecule has 0 spiro atoms. The van der Waals surface area contributed by atoms with Gasteiger partial charge in [0.1, 0.15) is 19.3 Å². The number of hydrogen-bond acceptors (Lipinski definition) is 15. The van der Waals surface area contributed by atoms with Crippen molar-refractivity contribution in [1.82, 2.24) is 0 Å². The number of phosphoric ester groups is 2. The molecule has 0 aliphatic rings. The SMILES string of the molecule is CC/C=C\C/C=C\C/C=C\C/C=C\C/C=C\C/C=C\CCC(=O)OCC(COP(=O)(O)OCC(O)COP(=O)(O)OCC(COC(=O)CC/C=C\C/C=C\C/C=C\C/C=C\C/C=C\C/C=C\CC)OC(=O)CCCCCCCCCCCCCCCCC)OC(=O)CCCCCC/C=C\C/C=C\C/C=C\C/C=C\CC. The minimum absolute atomic E-state index is 0.0217. The van der Waals surface area contributed by atoms with Crippen LogP contribution in [0.25, 0.3) is 0 Å². The number of allylic oxidation sites excluding steroid dienone is 32. The van der Waals surface area contributed by atoms with Crippen molar-refractivity contribution >= 4 is 39.5 Å². The highest BCUT2D eigenvalue weighted by molar-refractivity contribution is 7.47. The van der Waals surface area contributed by atoms with E-state index >= 15 is 0 Å². The van der Waals surface area contributed by atoms with Crippen molar-refractivity contribution in [2.45, 2.75) is 316 Å². The van der Waals surface area contributed by atoms with Crippen molar-refractivity contribution < 1.29 is 80.2 Å². The van der Waals surface area contributed by atoms with Gasteiger partial charge < -0.3 is 33.8 Å². The first kappa shape index (κ1) is 104. The zero-order chi connectivity index (χ0) is 80.3. The first-order valence-corrected chi connectivity index (χ1v) is 44.7. The van der Waals surface area contributed by atoms with Crippen LogP contribution in [0.5, 0.6) is 0 Å². The van der Waals surface area contributed by atoms with E-state index in [0.29, 0.717) is 38.5 Å². The van der Waals surface area contributed by atoms with E-state index in [-0.39, 0.29) is 25.7 Å². The molecule has 0 saturated heterocycles. The van der Waals surface area contributed by atoms with Gasteiger partial charge in [-0.05, 0) is 141 Å². The predicted molar refractivity (Wildman–Crippen MR) is 454 cm³/mol. The molecule has 0 saturated carbocycles. The van der Waals surface area contributed by atoms with E-state index in [1.165, 1.54) is 64.2 Å². The number of aliphatic hydroxyl groups is 1. The zero-order valence-electron chi connectivity index (χ0n) is 68.1. The zero-order valence-corrected chi connectivity index (χ0v) is 69.9. The van der Waals surface area contributed by atoms with Crippen molar-refractivity contribution in [2.75, 3.05) is 39.6 Å². The fourth-order valence-corrected chi connectivity index (χ4v) is 12.0. The van der Waals surface area contributed by atoms with E-state index in [4.69, 9.17) is 37.0 Å². The summed E-state index contributed by atoms with van der Waals surface area (Å²) in [5.41, 5.74) is 0. The van der Waals surface area contributed by atoms with E-state index < -0.39 is 97.5 Å². The molecule has 5 unspecified atom stereocenters. The summed E-state index contributed by atoms with van der Waals surface area (Å²) in [4.78, 5) is 73.1. The number of phosphoric acid groups is 2. The lowest BCUT2D eigenvalue weighted by atomic mass is 10.0. The molecule has 0 rings (SSSR count). The van der Waals surface area contributed by atoms with E-state index in [1.807, 2.05) is 36.5 Å². The van der Waals surface area contributed by atoms with Gasteiger partial charge in [-0.3, -0.25) is 37.3 Å². The molecule has 0 aromatic carbocycles. The fourth-order valence-electron chi connectivity index (χ4n) is 10.4. The first-order chi connectivity index (χ1) is 53.7. The molecule has 0 heterocycles. The van der Waals surface area contributed by atoms with Gasteiger partial charge >= 0.3 is 39.5 Å². The van der Waals surface area contributed by atoms with Crippen LogP contribution in [0.15, 0.2) is 194 Å². The number of rotatable bonds is 76. The third kappa shape index (κ3) is 80.0. The van der Waals surface area contributed by atoms with Gasteiger partial charge in [-0.1, -0.05) is 325 Å². The van der Waals surface area contributed by atoms with Crippen LogP contribution in [0.4, 0.5) is 0 Å². The third-order valence-electron chi connectivity index (χ3n) is 16.6. The molecular weight excluding hydrogens is 1430 g/mol. The summed E-state index contributed by atoms with van der Waals surface area (Å²) in [7, 11) is -10.0. The highest BCUT2D eigenvalue weighted by Gasteiger charge is 2.30. The number of unbranched alkanes of at least 4 members (excludes halogenated alkanes) is 18. The van der Waals surface area contributed by atoms with Crippen LogP contribution in [-0.4, -0.2) is 96.7 Å². The average Bonchev–Trinajstić information content (AvgIpc) is 0.906. The van der Waals surface area contributed by atoms with Crippen LogP contribution in [-0.2, 0) is 65.4 Å². The Labute approximate surface area is 666 Å². The van der Waals surface area contributed by atoms with E-state index in [0.717, 1.165) is 141 Å². The number of ether oxygens (including phenoxy) is 4. The summed E-state index contributed by atoms with van der Waals surface area (Å²) < 4.78 is 68.6. The Kier molecular flexibility index (Phi) is 76.4. The molecule has 0 aliphatic heterocycles. The van der Waals surface area contributed by atoms with Crippen LogP contribution < -0.4 is 0 Å². The lowest BCUT2D eigenvalue weighted by Crippen LogP contribution is -2.30. The molecule has 0 bridgehead atoms. The average molecular weight is 1570 g/mol. The van der Waals surface area contributed by atoms with Gasteiger partial charge in [0.25, 0.3) is 0 Å². The van der Waals surface area contributed by atoms with Crippen molar-refractivity contribution in [3.63, 3.8) is 0 Å². The van der Waals surface area contributed by atoms with Crippen LogP contribution in [0.1, 0.15) is 297 Å². The molecule has 0 aromatic heterocycles. The maximum atomic E-state index is 13.1. The van der Waals surface area contributed by atoms with Crippen molar-refractivity contribution in [2.24, 2.45) is 0 Å². The second kappa shape index (κ2) is 80.9. The minimum atomic E-state index is -5.02. The molecule has 0 aliphatic carbocycles. The van der Waals surface area contributed by atoms with Gasteiger partial charge in [0.2, 0.25) is 0 Å². The predicted octanol–water partition coefficient (Wildman–Crippen LogP) is 24.9. The summed E-state index contributed by atoms with van der Waals surface area (Å²) in [6.45, 7) is 4.33. The van der Waals surface area contributed by atoms with Crippen molar-refractivity contribution in [3.05, 3.63) is 194 Å². The Hall–Kier alpha value is -6.10. The Balaban J connectivity index is 5.54.